The van der Waals surface area contributed by atoms with Gasteiger partial charge >= 0.3 is 11.9 Å². The molecule has 0 fully saturated rings. The van der Waals surface area contributed by atoms with Gasteiger partial charge in [-0.2, -0.15) is 13.2 Å². The molecule has 1 N–H and O–H groups in total. The van der Waals surface area contributed by atoms with Crippen LogP contribution in [0.2, 0.25) is 0 Å². The number of hydrogen-bond donors (Lipinski definition) is 1. The van der Waals surface area contributed by atoms with Gasteiger partial charge in [-0.05, 0) is 12.1 Å². The monoisotopic (exact) mass is 324 g/mol. The standard InChI is InChI=1S/C15H11F3N2O3/c16-15(17,18)14(22)13(21)20(9-11-7-4-8-23-11)12(19-14)10-5-2-1-3-6-10/h1-8,22H,9H2/t14-/m0/s1. The molecule has 0 saturated carbocycles. The molecule has 0 bridgehead atoms. The Labute approximate surface area is 128 Å². The number of nitrogens with zero attached hydrogens (tertiary/aromatic N) is 2. The number of rotatable bonds is 3. The van der Waals surface area contributed by atoms with E-state index in [2.05, 4.69) is 4.99 Å². The largest absolute Gasteiger partial charge is 0.467 e. The summed E-state index contributed by atoms with van der Waals surface area (Å²) in [6.07, 6.45) is -3.88. The highest BCUT2D eigenvalue weighted by Gasteiger charge is 2.65. The van der Waals surface area contributed by atoms with E-state index in [9.17, 15) is 23.1 Å². The van der Waals surface area contributed by atoms with E-state index in [-0.39, 0.29) is 23.7 Å². The van der Waals surface area contributed by atoms with Crippen molar-refractivity contribution in [2.24, 2.45) is 4.99 Å². The van der Waals surface area contributed by atoms with Crippen LogP contribution >= 0.6 is 0 Å². The van der Waals surface area contributed by atoms with Crippen LogP contribution < -0.4 is 0 Å². The zero-order valence-corrected chi connectivity index (χ0v) is 11.6. The van der Waals surface area contributed by atoms with E-state index >= 15 is 0 Å². The van der Waals surface area contributed by atoms with Gasteiger partial charge in [-0.1, -0.05) is 30.3 Å². The van der Waals surface area contributed by atoms with Crippen LogP contribution in [-0.2, 0) is 11.3 Å². The summed E-state index contributed by atoms with van der Waals surface area (Å²) >= 11 is 0. The highest BCUT2D eigenvalue weighted by molar-refractivity contribution is 6.14. The van der Waals surface area contributed by atoms with E-state index in [1.54, 1.807) is 24.3 Å². The normalized spacial score (nSPS) is 21.7. The fourth-order valence-corrected chi connectivity index (χ4v) is 2.24. The quantitative estimate of drug-likeness (QED) is 0.942. The summed E-state index contributed by atoms with van der Waals surface area (Å²) in [5, 5.41) is 9.79. The van der Waals surface area contributed by atoms with Crippen molar-refractivity contribution in [3.05, 3.63) is 60.1 Å². The van der Waals surface area contributed by atoms with Crippen LogP contribution in [-0.4, -0.2) is 33.7 Å². The van der Waals surface area contributed by atoms with Gasteiger partial charge in [0.15, 0.2) is 0 Å². The minimum Gasteiger partial charge on any atom is -0.467 e. The summed E-state index contributed by atoms with van der Waals surface area (Å²) in [6, 6.07) is 10.9. The molecule has 8 heteroatoms. The molecular formula is C15H11F3N2O3. The number of furan rings is 1. The third kappa shape index (κ3) is 2.50. The second-order valence-electron chi connectivity index (χ2n) is 4.94. The molecule has 0 unspecified atom stereocenters. The van der Waals surface area contributed by atoms with Gasteiger partial charge in [-0.3, -0.25) is 9.69 Å². The molecule has 1 atom stereocenters. The number of hydrogen-bond acceptors (Lipinski definition) is 4. The fraction of sp³-hybridized carbons (Fsp3) is 0.200. The topological polar surface area (TPSA) is 66.0 Å². The van der Waals surface area contributed by atoms with E-state index in [1.165, 1.54) is 24.5 Å². The molecule has 120 valence electrons. The molecule has 1 aromatic heterocycles. The first kappa shape index (κ1) is 15.3. The van der Waals surface area contributed by atoms with Crippen LogP contribution in [0.1, 0.15) is 11.3 Å². The first-order valence-electron chi connectivity index (χ1n) is 6.61. The Bertz CT molecular complexity index is 741. The summed E-state index contributed by atoms with van der Waals surface area (Å²) in [6.45, 7) is -0.266. The minimum absolute atomic E-state index is 0.258. The van der Waals surface area contributed by atoms with Crippen molar-refractivity contribution in [2.45, 2.75) is 18.4 Å². The fourth-order valence-electron chi connectivity index (χ4n) is 2.24. The minimum atomic E-state index is -5.22. The predicted octanol–water partition coefficient (Wildman–Crippen LogP) is 2.32. The number of carbonyl (C=O) groups excluding carboxylic acids is 1. The zero-order chi connectivity index (χ0) is 16.7. The second kappa shape index (κ2) is 5.24. The van der Waals surface area contributed by atoms with Crippen LogP contribution in [0, 0.1) is 0 Å². The van der Waals surface area contributed by atoms with Gasteiger partial charge in [0.1, 0.15) is 11.6 Å². The molecule has 5 nitrogen and oxygen atoms in total. The van der Waals surface area contributed by atoms with E-state index in [4.69, 9.17) is 4.42 Å². The smallest absolute Gasteiger partial charge is 0.448 e. The van der Waals surface area contributed by atoms with Gasteiger partial charge in [-0.25, -0.2) is 4.99 Å². The number of alkyl halides is 3. The van der Waals surface area contributed by atoms with Crippen LogP contribution in [0.25, 0.3) is 0 Å². The van der Waals surface area contributed by atoms with Gasteiger partial charge in [0.25, 0.3) is 5.91 Å². The molecule has 0 saturated heterocycles. The maximum atomic E-state index is 13.1. The van der Waals surface area contributed by atoms with Gasteiger partial charge in [0.05, 0.1) is 12.8 Å². The van der Waals surface area contributed by atoms with Crippen molar-refractivity contribution in [1.82, 2.24) is 4.90 Å². The first-order chi connectivity index (χ1) is 10.8. The Balaban J connectivity index is 2.06. The molecule has 2 aromatic rings. The number of carbonyl (C=O) groups is 1. The number of aliphatic imine (C=N–C) groups is 1. The lowest BCUT2D eigenvalue weighted by Crippen LogP contribution is -2.52. The molecule has 2 heterocycles. The Morgan fingerprint density at radius 2 is 1.87 bits per heavy atom. The Morgan fingerprint density at radius 1 is 1.17 bits per heavy atom. The average molecular weight is 324 g/mol. The molecule has 1 aliphatic heterocycles. The lowest BCUT2D eigenvalue weighted by molar-refractivity contribution is -0.248. The predicted molar refractivity (Wildman–Crippen MR) is 73.2 cm³/mol. The Morgan fingerprint density at radius 3 is 2.43 bits per heavy atom. The number of aliphatic hydroxyl groups is 1. The third-order valence-corrected chi connectivity index (χ3v) is 3.39. The summed E-state index contributed by atoms with van der Waals surface area (Å²) in [4.78, 5) is 16.2. The lowest BCUT2D eigenvalue weighted by atomic mass is 10.2. The van der Waals surface area contributed by atoms with Crippen molar-refractivity contribution in [2.75, 3.05) is 0 Å². The van der Waals surface area contributed by atoms with Crippen LogP contribution in [0.3, 0.4) is 0 Å². The van der Waals surface area contributed by atoms with Gasteiger partial charge < -0.3 is 9.52 Å². The van der Waals surface area contributed by atoms with Crippen molar-refractivity contribution < 1.29 is 27.5 Å². The van der Waals surface area contributed by atoms with E-state index < -0.39 is 17.8 Å². The molecule has 0 radical (unpaired) electrons. The maximum absolute atomic E-state index is 13.1. The van der Waals surface area contributed by atoms with Gasteiger partial charge in [0, 0.05) is 5.56 Å². The summed E-state index contributed by atoms with van der Waals surface area (Å²) in [5.41, 5.74) is -3.50. The van der Waals surface area contributed by atoms with Crippen LogP contribution in [0.15, 0.2) is 58.1 Å². The van der Waals surface area contributed by atoms with Crippen molar-refractivity contribution >= 4 is 11.7 Å². The molecule has 1 aliphatic rings. The lowest BCUT2D eigenvalue weighted by Gasteiger charge is -2.23. The van der Waals surface area contributed by atoms with Crippen molar-refractivity contribution in [3.63, 3.8) is 0 Å². The molecule has 0 aliphatic carbocycles. The highest BCUT2D eigenvalue weighted by Crippen LogP contribution is 2.38. The van der Waals surface area contributed by atoms with Gasteiger partial charge in [-0.15, -0.1) is 0 Å². The van der Waals surface area contributed by atoms with E-state index in [0.29, 0.717) is 0 Å². The third-order valence-electron chi connectivity index (χ3n) is 3.39. The summed E-state index contributed by atoms with van der Waals surface area (Å²) in [5.74, 6) is -1.54. The molecular weight excluding hydrogens is 313 g/mol. The van der Waals surface area contributed by atoms with Crippen molar-refractivity contribution in [3.8, 4) is 0 Å². The number of amidine groups is 1. The van der Waals surface area contributed by atoms with Crippen LogP contribution in [0.4, 0.5) is 13.2 Å². The van der Waals surface area contributed by atoms with Crippen molar-refractivity contribution in [1.29, 1.82) is 0 Å². The van der Waals surface area contributed by atoms with Crippen LogP contribution in [0.5, 0.6) is 0 Å². The zero-order valence-electron chi connectivity index (χ0n) is 11.6. The second-order valence-corrected chi connectivity index (χ2v) is 4.94. The Kier molecular flexibility index (Phi) is 3.48. The molecule has 1 amide bonds. The molecule has 0 spiro atoms. The number of amides is 1. The summed E-state index contributed by atoms with van der Waals surface area (Å²) < 4.78 is 44.4. The molecule has 23 heavy (non-hydrogen) atoms. The number of halogens is 3. The Hall–Kier alpha value is -2.61. The SMILES string of the molecule is O=C1N(Cc2ccco2)C(c2ccccc2)=N[C@@]1(O)C(F)(F)F. The van der Waals surface area contributed by atoms with E-state index in [1.807, 2.05) is 0 Å². The molecule has 1 aromatic carbocycles. The van der Waals surface area contributed by atoms with Gasteiger partial charge in [0.2, 0.25) is 0 Å². The van der Waals surface area contributed by atoms with E-state index in [0.717, 1.165) is 4.90 Å². The first-order valence-corrected chi connectivity index (χ1v) is 6.61. The average Bonchev–Trinajstić information content (AvgIpc) is 3.10. The summed E-state index contributed by atoms with van der Waals surface area (Å²) in [7, 11) is 0. The highest BCUT2D eigenvalue weighted by atomic mass is 19.4. The maximum Gasteiger partial charge on any atom is 0.448 e. The molecule has 3 rings (SSSR count). The number of benzene rings is 1.